The van der Waals surface area contributed by atoms with Gasteiger partial charge in [0.15, 0.2) is 0 Å². The summed E-state index contributed by atoms with van der Waals surface area (Å²) < 4.78 is 12.8. The Morgan fingerprint density at radius 3 is 2.35 bits per heavy atom. The van der Waals surface area contributed by atoms with Crippen molar-refractivity contribution in [2.24, 2.45) is 5.41 Å². The molecule has 0 N–H and O–H groups in total. The van der Waals surface area contributed by atoms with Crippen molar-refractivity contribution in [2.75, 3.05) is 0 Å². The maximum atomic E-state index is 6.42. The molecule has 0 atom stereocenters. The maximum absolute atomic E-state index is 6.42. The molecule has 0 radical (unpaired) electrons. The minimum absolute atomic E-state index is 0. The van der Waals surface area contributed by atoms with Gasteiger partial charge in [0.2, 0.25) is 11.6 Å². The van der Waals surface area contributed by atoms with Crippen LogP contribution in [0.5, 0.6) is 11.6 Å². The van der Waals surface area contributed by atoms with Gasteiger partial charge >= 0.3 is 21.1 Å². The first-order valence-electron chi connectivity index (χ1n) is 16.3. The molecule has 4 heterocycles. The maximum Gasteiger partial charge on any atom is 2.00 e. The molecule has 0 aliphatic heterocycles. The number of nitrogens with zero attached hydrogens (tertiary/aromatic N) is 3. The number of aromatic nitrogens is 3. The molecule has 0 unspecified atom stereocenters. The first-order valence-corrected chi connectivity index (χ1v) is 16.3. The van der Waals surface area contributed by atoms with Crippen LogP contribution in [0.15, 0.2) is 102 Å². The first kappa shape index (κ1) is 30.7. The summed E-state index contributed by atoms with van der Waals surface area (Å²) in [5.74, 6) is 1.08. The molecule has 9 rings (SSSR count). The summed E-state index contributed by atoms with van der Waals surface area (Å²) in [5, 5.41) is 1.92. The van der Waals surface area contributed by atoms with Gasteiger partial charge in [-0.3, -0.25) is 4.98 Å². The average molecular weight is 807 g/mol. The molecule has 0 amide bonds. The Labute approximate surface area is 294 Å². The zero-order valence-electron chi connectivity index (χ0n) is 27.0. The molecule has 4 aromatic heterocycles. The Morgan fingerprint density at radius 1 is 0.792 bits per heavy atom. The molecule has 3 aromatic carbocycles. The molecule has 0 fully saturated rings. The number of benzene rings is 3. The average Bonchev–Trinajstić information content (AvgIpc) is 3.73. The van der Waals surface area contributed by atoms with Crippen molar-refractivity contribution in [1.29, 1.82) is 0 Å². The van der Waals surface area contributed by atoms with Crippen LogP contribution in [0.4, 0.5) is 0 Å². The van der Waals surface area contributed by atoms with E-state index in [1.165, 1.54) is 16.7 Å². The molecule has 6 heteroatoms. The Hall–Kier alpha value is -4.60. The van der Waals surface area contributed by atoms with Crippen LogP contribution in [-0.2, 0) is 52.2 Å². The van der Waals surface area contributed by atoms with E-state index in [4.69, 9.17) is 24.1 Å². The second-order valence-corrected chi connectivity index (χ2v) is 14.2. The van der Waals surface area contributed by atoms with Crippen LogP contribution in [0.3, 0.4) is 0 Å². The molecular weight excluding hydrogens is 774 g/mol. The zero-order chi connectivity index (χ0) is 31.8. The van der Waals surface area contributed by atoms with E-state index in [2.05, 4.69) is 69.3 Å². The van der Waals surface area contributed by atoms with E-state index in [1.54, 1.807) is 6.20 Å². The Kier molecular flexibility index (Phi) is 7.38. The van der Waals surface area contributed by atoms with E-state index in [-0.39, 0.29) is 31.9 Å². The monoisotopic (exact) mass is 806 g/mol. The first-order chi connectivity index (χ1) is 22.8. The van der Waals surface area contributed by atoms with Crippen molar-refractivity contribution in [3.8, 4) is 34.1 Å². The molecule has 0 saturated heterocycles. The van der Waals surface area contributed by atoms with Gasteiger partial charge in [-0.25, -0.2) is 21.1 Å². The predicted octanol–water partition coefficient (Wildman–Crippen LogP) is 9.68. The minimum atomic E-state index is -0.0798. The van der Waals surface area contributed by atoms with Gasteiger partial charge in [0.1, 0.15) is 11.3 Å². The second-order valence-electron chi connectivity index (χ2n) is 14.2. The number of hydrogen-bond acceptors (Lipinski definition) is 5. The van der Waals surface area contributed by atoms with Crippen LogP contribution in [0.1, 0.15) is 48.7 Å². The summed E-state index contributed by atoms with van der Waals surface area (Å²) in [6.45, 7) is 6.59. The van der Waals surface area contributed by atoms with Gasteiger partial charge in [0.05, 0.1) is 16.5 Å². The number of furan rings is 1. The van der Waals surface area contributed by atoms with E-state index in [9.17, 15) is 0 Å². The zero-order valence-corrected chi connectivity index (χ0v) is 29.3. The fourth-order valence-corrected chi connectivity index (χ4v) is 7.52. The van der Waals surface area contributed by atoms with Crippen molar-refractivity contribution in [3.63, 3.8) is 0 Å². The fraction of sp³-hybridized carbons (Fsp3) is 0.214. The van der Waals surface area contributed by atoms with Gasteiger partial charge in [-0.15, -0.1) is 17.7 Å². The normalized spacial score (nSPS) is 14.6. The van der Waals surface area contributed by atoms with Crippen LogP contribution in [0.25, 0.3) is 44.6 Å². The third-order valence-corrected chi connectivity index (χ3v) is 9.79. The molecular formula is C42H33N3O2Pt. The number of hydrogen-bond donors (Lipinski definition) is 0. The van der Waals surface area contributed by atoms with Crippen molar-refractivity contribution >= 4 is 22.1 Å². The van der Waals surface area contributed by atoms with Gasteiger partial charge in [0, 0.05) is 23.7 Å². The molecule has 0 bridgehead atoms. The van der Waals surface area contributed by atoms with Gasteiger partial charge in [-0.05, 0) is 71.4 Å². The molecule has 2 aliphatic carbocycles. The largest absolute Gasteiger partial charge is 2.00 e. The number of ether oxygens (including phenoxy) is 1. The summed E-state index contributed by atoms with van der Waals surface area (Å²) in [6, 6.07) is 37.8. The van der Waals surface area contributed by atoms with E-state index in [0.29, 0.717) is 23.0 Å². The Balaban J connectivity index is 0.00000336. The van der Waals surface area contributed by atoms with E-state index >= 15 is 0 Å². The number of rotatable bonds is 4. The Morgan fingerprint density at radius 2 is 1.58 bits per heavy atom. The van der Waals surface area contributed by atoms with Crippen molar-refractivity contribution in [1.82, 2.24) is 15.0 Å². The van der Waals surface area contributed by atoms with Crippen LogP contribution in [0, 0.1) is 17.5 Å². The van der Waals surface area contributed by atoms with Gasteiger partial charge in [-0.2, -0.15) is 30.3 Å². The van der Waals surface area contributed by atoms with Crippen molar-refractivity contribution < 1.29 is 30.2 Å². The smallest absolute Gasteiger partial charge is 0.460 e. The molecule has 0 saturated carbocycles. The summed E-state index contributed by atoms with van der Waals surface area (Å²) in [5.41, 5.74) is 11.5. The topological polar surface area (TPSA) is 61.0 Å². The molecule has 48 heavy (non-hydrogen) atoms. The van der Waals surface area contributed by atoms with Gasteiger partial charge < -0.3 is 9.15 Å². The van der Waals surface area contributed by atoms with Crippen molar-refractivity contribution in [3.05, 3.63) is 137 Å². The summed E-state index contributed by atoms with van der Waals surface area (Å²) >= 11 is 0. The van der Waals surface area contributed by atoms with Gasteiger partial charge in [0.25, 0.3) is 0 Å². The standard InChI is InChI=1S/C42H33N3O2.Pt/c1-41(2,3)31-18-29(26-10-5-4-6-11-26)19-32(21-31)46-37-15-9-14-34(44-37)39-38-33-20-30-24-42(22-27-12-7-8-13-28(27)23-42)25-35(30)45-40(33)47-36(38)16-17-43-39;/h4-10,12-18,20-21H,22-25H2,1-3H3;/q-2;+2. The fourth-order valence-electron chi connectivity index (χ4n) is 7.52. The third-order valence-electron chi connectivity index (χ3n) is 9.79. The SMILES string of the molecule is CC(C)(C)c1cc(Oc2cccc(-c3nccc4oc5nc6c(cc5c34)CC3(Cc4ccccc4C3)C6)n2)[c-]c(-c2[c-]cccc2)c1.[Pt+2]. The van der Waals surface area contributed by atoms with E-state index in [1.807, 2.05) is 54.6 Å². The number of fused-ring (bicyclic) bond motifs is 5. The van der Waals surface area contributed by atoms with Crippen LogP contribution >= 0.6 is 0 Å². The number of pyridine rings is 3. The molecule has 5 nitrogen and oxygen atoms in total. The minimum Gasteiger partial charge on any atom is -0.460 e. The van der Waals surface area contributed by atoms with Crippen LogP contribution in [0.2, 0.25) is 0 Å². The summed E-state index contributed by atoms with van der Waals surface area (Å²) in [4.78, 5) is 14.9. The van der Waals surface area contributed by atoms with Gasteiger partial charge in [-0.1, -0.05) is 57.2 Å². The third kappa shape index (κ3) is 5.35. The quantitative estimate of drug-likeness (QED) is 0.166. The molecule has 238 valence electrons. The molecule has 1 spiro atoms. The second kappa shape index (κ2) is 11.5. The summed E-state index contributed by atoms with van der Waals surface area (Å²) in [6.07, 6.45) is 5.99. The van der Waals surface area contributed by atoms with E-state index in [0.717, 1.165) is 70.1 Å². The van der Waals surface area contributed by atoms with E-state index < -0.39 is 0 Å². The molecule has 2 aliphatic rings. The van der Waals surface area contributed by atoms with Crippen LogP contribution < -0.4 is 4.74 Å². The Bertz CT molecular complexity index is 2310. The van der Waals surface area contributed by atoms with Crippen LogP contribution in [-0.4, -0.2) is 15.0 Å². The predicted molar refractivity (Wildman–Crippen MR) is 185 cm³/mol. The van der Waals surface area contributed by atoms with Crippen molar-refractivity contribution in [2.45, 2.75) is 51.9 Å². The summed E-state index contributed by atoms with van der Waals surface area (Å²) in [7, 11) is 0. The molecule has 7 aromatic rings.